The number of carbonyl (C=O) groups is 2. The molecule has 0 aromatic carbocycles. The molecule has 0 aliphatic rings. The zero-order chi connectivity index (χ0) is 11.4. The quantitative estimate of drug-likeness (QED) is 0.682. The van der Waals surface area contributed by atoms with Gasteiger partial charge in [-0.05, 0) is 20.8 Å². The van der Waals surface area contributed by atoms with E-state index in [2.05, 4.69) is 5.32 Å². The van der Waals surface area contributed by atoms with Gasteiger partial charge in [-0.25, -0.2) is 9.59 Å². The maximum absolute atomic E-state index is 11.5. The molecule has 5 nitrogen and oxygen atoms in total. The first kappa shape index (κ1) is 12.7. The molecule has 0 aromatic rings. The van der Waals surface area contributed by atoms with E-state index in [0.29, 0.717) is 6.61 Å². The zero-order valence-electron chi connectivity index (χ0n) is 9.38. The molecule has 82 valence electrons. The van der Waals surface area contributed by atoms with Gasteiger partial charge in [0.25, 0.3) is 0 Å². The van der Waals surface area contributed by atoms with Gasteiger partial charge >= 0.3 is 12.0 Å². The van der Waals surface area contributed by atoms with Gasteiger partial charge in [0, 0.05) is 14.1 Å². The maximum Gasteiger partial charge on any atom is 0.331 e. The Balaban J connectivity index is 4.59. The predicted octanol–water partition coefficient (Wildman–Crippen LogP) is 0.599. The van der Waals surface area contributed by atoms with E-state index in [4.69, 9.17) is 4.74 Å². The number of carbonyl (C=O) groups excluding carboxylic acids is 2. The molecule has 0 aromatic heterocycles. The van der Waals surface area contributed by atoms with E-state index in [9.17, 15) is 9.59 Å². The lowest BCUT2D eigenvalue weighted by molar-refractivity contribution is -0.153. The fraction of sp³-hybridized carbons (Fsp3) is 0.778. The van der Waals surface area contributed by atoms with Crippen molar-refractivity contribution in [2.24, 2.45) is 0 Å². The predicted molar refractivity (Wildman–Crippen MR) is 52.9 cm³/mol. The van der Waals surface area contributed by atoms with Crippen molar-refractivity contribution in [1.82, 2.24) is 10.2 Å². The Morgan fingerprint density at radius 3 is 2.29 bits per heavy atom. The van der Waals surface area contributed by atoms with Gasteiger partial charge in [-0.3, -0.25) is 0 Å². The van der Waals surface area contributed by atoms with Crippen molar-refractivity contribution in [3.63, 3.8) is 0 Å². The van der Waals surface area contributed by atoms with Crippen LogP contribution in [-0.2, 0) is 9.53 Å². The second kappa shape index (κ2) is 4.83. The smallest absolute Gasteiger partial charge is 0.331 e. The molecule has 0 atom stereocenters. The molecule has 0 unspecified atom stereocenters. The van der Waals surface area contributed by atoms with Crippen molar-refractivity contribution in [3.05, 3.63) is 0 Å². The minimum absolute atomic E-state index is 0.309. The summed E-state index contributed by atoms with van der Waals surface area (Å²) in [5, 5.41) is 2.45. The molecule has 0 saturated carbocycles. The van der Waals surface area contributed by atoms with Crippen LogP contribution in [0.2, 0.25) is 0 Å². The standard InChI is InChI=1S/C9H18N2O3/c1-6-14-7(12)9(2,3)11(5)8(13)10-4/h6H2,1-5H3,(H,10,13). The molecule has 0 radical (unpaired) electrons. The van der Waals surface area contributed by atoms with E-state index in [1.807, 2.05) is 0 Å². The van der Waals surface area contributed by atoms with E-state index in [1.165, 1.54) is 11.9 Å². The van der Waals surface area contributed by atoms with Crippen LogP contribution in [0, 0.1) is 0 Å². The number of esters is 1. The molecule has 5 heteroatoms. The summed E-state index contributed by atoms with van der Waals surface area (Å²) in [6, 6.07) is -0.317. The summed E-state index contributed by atoms with van der Waals surface area (Å²) in [6.07, 6.45) is 0. The molecule has 0 aliphatic heterocycles. The van der Waals surface area contributed by atoms with Gasteiger partial charge in [-0.15, -0.1) is 0 Å². The third kappa shape index (κ3) is 2.61. The minimum atomic E-state index is -0.948. The number of likely N-dealkylation sites (N-methyl/N-ethyl adjacent to an activating group) is 1. The van der Waals surface area contributed by atoms with Gasteiger partial charge in [0.2, 0.25) is 0 Å². The lowest BCUT2D eigenvalue weighted by atomic mass is 10.0. The summed E-state index contributed by atoms with van der Waals surface area (Å²) >= 11 is 0. The highest BCUT2D eigenvalue weighted by molar-refractivity contribution is 5.86. The molecular weight excluding hydrogens is 184 g/mol. The summed E-state index contributed by atoms with van der Waals surface area (Å²) in [6.45, 7) is 5.32. The molecule has 1 N–H and O–H groups in total. The largest absolute Gasteiger partial charge is 0.464 e. The number of urea groups is 1. The highest BCUT2D eigenvalue weighted by Gasteiger charge is 2.36. The Labute approximate surface area is 84.4 Å². The van der Waals surface area contributed by atoms with Crippen LogP contribution in [0.5, 0.6) is 0 Å². The van der Waals surface area contributed by atoms with Crippen molar-refractivity contribution in [2.75, 3.05) is 20.7 Å². The Morgan fingerprint density at radius 1 is 1.43 bits per heavy atom. The lowest BCUT2D eigenvalue weighted by Crippen LogP contribution is -2.54. The van der Waals surface area contributed by atoms with Crippen LogP contribution >= 0.6 is 0 Å². The van der Waals surface area contributed by atoms with E-state index in [1.54, 1.807) is 27.8 Å². The monoisotopic (exact) mass is 202 g/mol. The molecule has 0 spiro atoms. The Hall–Kier alpha value is -1.26. The molecule has 0 fully saturated rings. The number of hydrogen-bond donors (Lipinski definition) is 1. The van der Waals surface area contributed by atoms with E-state index >= 15 is 0 Å². The lowest BCUT2D eigenvalue weighted by Gasteiger charge is -2.32. The number of rotatable bonds is 3. The number of amides is 2. The van der Waals surface area contributed by atoms with Crippen LogP contribution < -0.4 is 5.32 Å². The van der Waals surface area contributed by atoms with Crippen LogP contribution in [0.4, 0.5) is 4.79 Å². The van der Waals surface area contributed by atoms with Gasteiger partial charge in [-0.2, -0.15) is 0 Å². The molecule has 14 heavy (non-hydrogen) atoms. The molecule has 2 amide bonds. The van der Waals surface area contributed by atoms with Gasteiger partial charge in [0.05, 0.1) is 6.61 Å². The van der Waals surface area contributed by atoms with Crippen LogP contribution in [0.25, 0.3) is 0 Å². The van der Waals surface area contributed by atoms with E-state index in [0.717, 1.165) is 0 Å². The van der Waals surface area contributed by atoms with Crippen LogP contribution in [0.3, 0.4) is 0 Å². The highest BCUT2D eigenvalue weighted by Crippen LogP contribution is 2.14. The molecule has 0 rings (SSSR count). The van der Waals surface area contributed by atoms with Crippen LogP contribution in [0.1, 0.15) is 20.8 Å². The summed E-state index contributed by atoms with van der Waals surface area (Å²) < 4.78 is 4.86. The summed E-state index contributed by atoms with van der Waals surface area (Å²) in [5.41, 5.74) is -0.948. The second-order valence-electron chi connectivity index (χ2n) is 3.39. The van der Waals surface area contributed by atoms with Crippen molar-refractivity contribution in [3.8, 4) is 0 Å². The van der Waals surface area contributed by atoms with Gasteiger partial charge in [0.15, 0.2) is 0 Å². The summed E-state index contributed by atoms with van der Waals surface area (Å²) in [5.74, 6) is -0.411. The molecule has 0 saturated heterocycles. The third-order valence-electron chi connectivity index (χ3n) is 2.13. The molecule has 0 bridgehead atoms. The normalized spacial score (nSPS) is 10.6. The van der Waals surface area contributed by atoms with Crippen molar-refractivity contribution in [1.29, 1.82) is 0 Å². The fourth-order valence-corrected chi connectivity index (χ4v) is 0.866. The van der Waals surface area contributed by atoms with Crippen LogP contribution in [-0.4, -0.2) is 43.1 Å². The molecule has 0 aliphatic carbocycles. The Morgan fingerprint density at radius 2 is 1.93 bits per heavy atom. The van der Waals surface area contributed by atoms with Crippen molar-refractivity contribution < 1.29 is 14.3 Å². The average Bonchev–Trinajstić information content (AvgIpc) is 2.15. The van der Waals surface area contributed by atoms with Crippen LogP contribution in [0.15, 0.2) is 0 Å². The first-order chi connectivity index (χ1) is 6.37. The van der Waals surface area contributed by atoms with Crippen molar-refractivity contribution in [2.45, 2.75) is 26.3 Å². The molecular formula is C9H18N2O3. The molecule has 0 heterocycles. The number of hydrogen-bond acceptors (Lipinski definition) is 3. The summed E-state index contributed by atoms with van der Waals surface area (Å²) in [4.78, 5) is 24.1. The van der Waals surface area contributed by atoms with Gasteiger partial charge in [0.1, 0.15) is 5.54 Å². The first-order valence-electron chi connectivity index (χ1n) is 4.50. The topological polar surface area (TPSA) is 58.6 Å². The van der Waals surface area contributed by atoms with Gasteiger partial charge < -0.3 is 15.0 Å². The van der Waals surface area contributed by atoms with Crippen molar-refractivity contribution >= 4 is 12.0 Å². The fourth-order valence-electron chi connectivity index (χ4n) is 0.866. The van der Waals surface area contributed by atoms with Gasteiger partial charge in [-0.1, -0.05) is 0 Å². The third-order valence-corrected chi connectivity index (χ3v) is 2.13. The number of ether oxygens (including phenoxy) is 1. The van der Waals surface area contributed by atoms with E-state index < -0.39 is 11.5 Å². The number of nitrogens with one attached hydrogen (secondary N) is 1. The summed E-state index contributed by atoms with van der Waals surface area (Å²) in [7, 11) is 3.07. The maximum atomic E-state index is 11.5. The minimum Gasteiger partial charge on any atom is -0.464 e. The second-order valence-corrected chi connectivity index (χ2v) is 3.39. The first-order valence-corrected chi connectivity index (χ1v) is 4.50. The Kier molecular flexibility index (Phi) is 4.40. The average molecular weight is 202 g/mol. The highest BCUT2D eigenvalue weighted by atomic mass is 16.5. The Bertz CT molecular complexity index is 226. The van der Waals surface area contributed by atoms with E-state index in [-0.39, 0.29) is 6.03 Å². The number of nitrogens with zero attached hydrogens (tertiary/aromatic N) is 1. The zero-order valence-corrected chi connectivity index (χ0v) is 9.38. The SMILES string of the molecule is CCOC(=O)C(C)(C)N(C)C(=O)NC.